The third-order valence-electron chi connectivity index (χ3n) is 4.97. The lowest BCUT2D eigenvalue weighted by Gasteiger charge is -2.30. The topological polar surface area (TPSA) is 46.6 Å². The molecule has 8 heteroatoms. The maximum Gasteiger partial charge on any atom is 0.309 e. The molecular weight excluding hydrogens is 521 g/mol. The highest BCUT2D eigenvalue weighted by molar-refractivity contribution is 9.10. The largest absolute Gasteiger partial charge is 0.466 e. The van der Waals surface area contributed by atoms with Crippen molar-refractivity contribution in [2.45, 2.75) is 29.6 Å². The first-order chi connectivity index (χ1) is 14.9. The van der Waals surface area contributed by atoms with E-state index >= 15 is 0 Å². The number of rotatable bonds is 6. The van der Waals surface area contributed by atoms with Gasteiger partial charge in [0.2, 0.25) is 5.91 Å². The summed E-state index contributed by atoms with van der Waals surface area (Å²) < 4.78 is 6.05. The highest BCUT2D eigenvalue weighted by Gasteiger charge is 2.27. The van der Waals surface area contributed by atoms with Crippen molar-refractivity contribution in [2.24, 2.45) is 5.92 Å². The molecule has 0 atom stereocenters. The summed E-state index contributed by atoms with van der Waals surface area (Å²) in [6.07, 6.45) is 4.42. The Bertz CT molecular complexity index is 991. The molecular formula is C23H22BrCl2NO3S. The van der Waals surface area contributed by atoms with E-state index in [0.717, 1.165) is 14.3 Å². The van der Waals surface area contributed by atoms with Gasteiger partial charge in [0.1, 0.15) is 0 Å². The predicted octanol–water partition coefficient (Wildman–Crippen LogP) is 6.72. The van der Waals surface area contributed by atoms with E-state index in [-0.39, 0.29) is 17.8 Å². The van der Waals surface area contributed by atoms with Crippen LogP contribution in [0, 0.1) is 5.92 Å². The van der Waals surface area contributed by atoms with E-state index in [9.17, 15) is 9.59 Å². The summed E-state index contributed by atoms with van der Waals surface area (Å²) in [6.45, 7) is 3.24. The van der Waals surface area contributed by atoms with Crippen LogP contribution in [0.5, 0.6) is 0 Å². The molecule has 1 aliphatic heterocycles. The van der Waals surface area contributed by atoms with Crippen LogP contribution in [-0.4, -0.2) is 36.5 Å². The van der Waals surface area contributed by atoms with Crippen LogP contribution in [0.2, 0.25) is 10.0 Å². The number of hydrogen-bond acceptors (Lipinski definition) is 4. The Morgan fingerprint density at radius 3 is 2.52 bits per heavy atom. The van der Waals surface area contributed by atoms with Gasteiger partial charge in [0, 0.05) is 33.4 Å². The molecule has 0 saturated carbocycles. The van der Waals surface area contributed by atoms with E-state index in [2.05, 4.69) is 15.9 Å². The Morgan fingerprint density at radius 2 is 1.84 bits per heavy atom. The summed E-state index contributed by atoms with van der Waals surface area (Å²) in [5, 5.41) is 0.857. The van der Waals surface area contributed by atoms with Crippen LogP contribution in [0.15, 0.2) is 56.7 Å². The van der Waals surface area contributed by atoms with Crippen LogP contribution in [0.3, 0.4) is 0 Å². The average molecular weight is 543 g/mol. The first-order valence-corrected chi connectivity index (χ1v) is 12.3. The summed E-state index contributed by atoms with van der Waals surface area (Å²) in [7, 11) is 0. The monoisotopic (exact) mass is 541 g/mol. The molecule has 1 saturated heterocycles. The van der Waals surface area contributed by atoms with Gasteiger partial charge in [-0.1, -0.05) is 53.2 Å². The van der Waals surface area contributed by atoms with Crippen LogP contribution >= 0.6 is 50.9 Å². The number of amides is 1. The van der Waals surface area contributed by atoms with Gasteiger partial charge in [-0.3, -0.25) is 9.59 Å². The van der Waals surface area contributed by atoms with Crippen LogP contribution in [-0.2, 0) is 14.3 Å². The fourth-order valence-electron chi connectivity index (χ4n) is 3.26. The third-order valence-corrected chi connectivity index (χ3v) is 8.06. The van der Waals surface area contributed by atoms with E-state index in [1.165, 1.54) is 17.8 Å². The van der Waals surface area contributed by atoms with E-state index < -0.39 is 0 Å². The van der Waals surface area contributed by atoms with E-state index in [1.54, 1.807) is 17.9 Å². The third kappa shape index (κ3) is 6.28. The molecule has 3 rings (SSSR count). The van der Waals surface area contributed by atoms with Gasteiger partial charge in [0.15, 0.2) is 0 Å². The molecule has 2 aromatic carbocycles. The molecule has 0 N–H and O–H groups in total. The summed E-state index contributed by atoms with van der Waals surface area (Å²) >= 11 is 18.0. The molecule has 1 aliphatic rings. The van der Waals surface area contributed by atoms with E-state index in [4.69, 9.17) is 27.9 Å². The van der Waals surface area contributed by atoms with Crippen molar-refractivity contribution in [1.82, 2.24) is 4.90 Å². The number of ether oxygens (including phenoxy) is 1. The number of carbonyl (C=O) groups excluding carboxylic acids is 2. The SMILES string of the molecule is CCOC(=O)C1CCN(C(=O)/C=C/c2ccc(Sc3ccccc3Br)c(Cl)c2Cl)CC1. The number of nitrogens with zero attached hydrogens (tertiary/aromatic N) is 1. The van der Waals surface area contributed by atoms with Gasteiger partial charge in [-0.25, -0.2) is 0 Å². The number of hydrogen-bond donors (Lipinski definition) is 0. The highest BCUT2D eigenvalue weighted by atomic mass is 79.9. The lowest BCUT2D eigenvalue weighted by atomic mass is 9.97. The van der Waals surface area contributed by atoms with Crippen molar-refractivity contribution in [3.05, 3.63) is 62.6 Å². The lowest BCUT2D eigenvalue weighted by molar-refractivity contribution is -0.150. The van der Waals surface area contributed by atoms with Crippen molar-refractivity contribution in [1.29, 1.82) is 0 Å². The van der Waals surface area contributed by atoms with Crippen LogP contribution in [0.25, 0.3) is 6.08 Å². The summed E-state index contributed by atoms with van der Waals surface area (Å²) in [6, 6.07) is 11.6. The lowest BCUT2D eigenvalue weighted by Crippen LogP contribution is -2.39. The molecule has 4 nitrogen and oxygen atoms in total. The molecule has 1 heterocycles. The zero-order chi connectivity index (χ0) is 22.4. The normalized spacial score (nSPS) is 14.8. The standard InChI is InChI=1S/C23H22BrCl2NO3S/c1-2-30-23(29)16-11-13-27(14-12-16)20(28)10-8-15-7-9-19(22(26)21(15)25)31-18-6-4-3-5-17(18)24/h3-10,16H,2,11-14H2,1H3/b10-8+. The Balaban J connectivity index is 1.63. The first kappa shape index (κ1) is 24.2. The van der Waals surface area contributed by atoms with Crippen molar-refractivity contribution < 1.29 is 14.3 Å². The predicted molar refractivity (Wildman–Crippen MR) is 130 cm³/mol. The zero-order valence-corrected chi connectivity index (χ0v) is 20.9. The zero-order valence-electron chi connectivity index (χ0n) is 16.9. The molecule has 0 unspecified atom stereocenters. The van der Waals surface area contributed by atoms with Gasteiger partial charge >= 0.3 is 5.97 Å². The number of halogens is 3. The minimum absolute atomic E-state index is 0.110. The second-order valence-electron chi connectivity index (χ2n) is 7.00. The molecule has 0 radical (unpaired) electrons. The number of piperidine rings is 1. The van der Waals surface area contributed by atoms with Crippen molar-refractivity contribution >= 4 is 68.8 Å². The van der Waals surface area contributed by atoms with E-state index in [0.29, 0.717) is 48.1 Å². The van der Waals surface area contributed by atoms with Crippen LogP contribution in [0.1, 0.15) is 25.3 Å². The Kier molecular flexibility index (Phi) is 8.90. The van der Waals surface area contributed by atoms with Crippen molar-refractivity contribution in [2.75, 3.05) is 19.7 Å². The Hall–Kier alpha value is -1.47. The molecule has 1 fully saturated rings. The highest BCUT2D eigenvalue weighted by Crippen LogP contribution is 2.41. The number of likely N-dealkylation sites (tertiary alicyclic amines) is 1. The number of carbonyl (C=O) groups is 2. The fraction of sp³-hybridized carbons (Fsp3) is 0.304. The molecule has 164 valence electrons. The van der Waals surface area contributed by atoms with Gasteiger partial charge in [-0.2, -0.15) is 0 Å². The minimum atomic E-state index is -0.174. The number of benzene rings is 2. The Morgan fingerprint density at radius 1 is 1.13 bits per heavy atom. The molecule has 0 bridgehead atoms. The molecule has 31 heavy (non-hydrogen) atoms. The van der Waals surface area contributed by atoms with Gasteiger partial charge in [-0.05, 0) is 65.5 Å². The summed E-state index contributed by atoms with van der Waals surface area (Å²) in [4.78, 5) is 28.0. The molecule has 1 amide bonds. The van der Waals surface area contributed by atoms with Gasteiger partial charge in [-0.15, -0.1) is 0 Å². The minimum Gasteiger partial charge on any atom is -0.466 e. The van der Waals surface area contributed by atoms with Crippen LogP contribution in [0.4, 0.5) is 0 Å². The van der Waals surface area contributed by atoms with Gasteiger partial charge in [0.05, 0.1) is 22.6 Å². The quantitative estimate of drug-likeness (QED) is 0.300. The van der Waals surface area contributed by atoms with Crippen molar-refractivity contribution in [3.8, 4) is 0 Å². The second kappa shape index (κ2) is 11.4. The summed E-state index contributed by atoms with van der Waals surface area (Å²) in [5.74, 6) is -0.413. The average Bonchev–Trinajstić information content (AvgIpc) is 2.78. The van der Waals surface area contributed by atoms with Crippen molar-refractivity contribution in [3.63, 3.8) is 0 Å². The first-order valence-electron chi connectivity index (χ1n) is 9.94. The van der Waals surface area contributed by atoms with Gasteiger partial charge < -0.3 is 9.64 Å². The summed E-state index contributed by atoms with van der Waals surface area (Å²) in [5.41, 5.74) is 0.679. The van der Waals surface area contributed by atoms with Crippen LogP contribution < -0.4 is 0 Å². The molecule has 2 aromatic rings. The maximum atomic E-state index is 12.6. The molecule has 0 aromatic heterocycles. The maximum absolute atomic E-state index is 12.6. The Labute approximate surface area is 205 Å². The fourth-order valence-corrected chi connectivity index (χ4v) is 5.24. The second-order valence-corrected chi connectivity index (χ2v) is 9.69. The molecule has 0 aliphatic carbocycles. The van der Waals surface area contributed by atoms with Gasteiger partial charge in [0.25, 0.3) is 0 Å². The molecule has 0 spiro atoms. The number of esters is 1. The van der Waals surface area contributed by atoms with E-state index in [1.807, 2.05) is 36.4 Å². The smallest absolute Gasteiger partial charge is 0.309 e.